The summed E-state index contributed by atoms with van der Waals surface area (Å²) >= 11 is 0. The van der Waals surface area contributed by atoms with Gasteiger partial charge < -0.3 is 5.32 Å². The van der Waals surface area contributed by atoms with E-state index in [0.717, 1.165) is 17.0 Å². The predicted octanol–water partition coefficient (Wildman–Crippen LogP) is 2.60. The zero-order valence-electron chi connectivity index (χ0n) is 15.0. The molecule has 3 aromatic heterocycles. The van der Waals surface area contributed by atoms with Crippen LogP contribution in [-0.4, -0.2) is 35.2 Å². The van der Waals surface area contributed by atoms with E-state index in [2.05, 4.69) is 20.5 Å². The van der Waals surface area contributed by atoms with Crippen molar-refractivity contribution in [3.05, 3.63) is 70.3 Å². The monoisotopic (exact) mass is 377 g/mol. The molecule has 0 bridgehead atoms. The van der Waals surface area contributed by atoms with Crippen molar-refractivity contribution in [2.75, 3.05) is 5.32 Å². The summed E-state index contributed by atoms with van der Waals surface area (Å²) in [7, 11) is 1.85. The lowest BCUT2D eigenvalue weighted by molar-refractivity contribution is -0.384. The zero-order valence-corrected chi connectivity index (χ0v) is 15.0. The summed E-state index contributed by atoms with van der Waals surface area (Å²) in [5, 5.41) is 22.0. The van der Waals surface area contributed by atoms with Crippen molar-refractivity contribution in [3.8, 4) is 11.3 Å². The number of fused-ring (bicyclic) bond motifs is 1. The summed E-state index contributed by atoms with van der Waals surface area (Å²) in [5.41, 5.74) is 3.70. The number of anilines is 1. The van der Waals surface area contributed by atoms with Gasteiger partial charge >= 0.3 is 0 Å². The number of hydrogen-bond acceptors (Lipinski definition) is 6. The van der Waals surface area contributed by atoms with Gasteiger partial charge in [0.1, 0.15) is 0 Å². The molecule has 10 heteroatoms. The standard InChI is InChI=1S/C18H15N7O3/c1-11-14(10-20-23(11)2)16-7-8-19-17-9-15(22-24(16)17)18(26)21-12-3-5-13(6-4-12)25(27)28/h3-10H,1-2H3,(H,21,26). The molecule has 10 nitrogen and oxygen atoms in total. The fourth-order valence-electron chi connectivity index (χ4n) is 2.82. The van der Waals surface area contributed by atoms with Crippen LogP contribution in [0.25, 0.3) is 16.9 Å². The molecule has 0 aliphatic heterocycles. The van der Waals surface area contributed by atoms with Crippen LogP contribution < -0.4 is 5.32 Å². The van der Waals surface area contributed by atoms with E-state index in [-0.39, 0.29) is 11.4 Å². The number of rotatable bonds is 4. The van der Waals surface area contributed by atoms with Crippen LogP contribution >= 0.6 is 0 Å². The molecule has 0 unspecified atom stereocenters. The van der Waals surface area contributed by atoms with Crippen LogP contribution in [0.4, 0.5) is 11.4 Å². The summed E-state index contributed by atoms with van der Waals surface area (Å²) in [6, 6.07) is 8.97. The lowest BCUT2D eigenvalue weighted by Gasteiger charge is -2.04. The van der Waals surface area contributed by atoms with Crippen molar-refractivity contribution in [2.45, 2.75) is 6.92 Å². The molecule has 0 saturated heterocycles. The number of non-ortho nitro benzene ring substituents is 1. The summed E-state index contributed by atoms with van der Waals surface area (Å²) in [6.45, 7) is 1.94. The van der Waals surface area contributed by atoms with Gasteiger partial charge in [0.2, 0.25) is 0 Å². The molecule has 0 radical (unpaired) electrons. The minimum atomic E-state index is -0.499. The van der Waals surface area contributed by atoms with Gasteiger partial charge in [-0.05, 0) is 25.1 Å². The van der Waals surface area contributed by atoms with Gasteiger partial charge in [0, 0.05) is 48.4 Å². The Kier molecular flexibility index (Phi) is 4.07. The van der Waals surface area contributed by atoms with E-state index in [1.54, 1.807) is 27.7 Å². The topological polar surface area (TPSA) is 120 Å². The van der Waals surface area contributed by atoms with Crippen LogP contribution in [0.3, 0.4) is 0 Å². The van der Waals surface area contributed by atoms with Crippen LogP contribution in [0.15, 0.2) is 48.8 Å². The fraction of sp³-hybridized carbons (Fsp3) is 0.111. The number of carbonyl (C=O) groups is 1. The number of aromatic nitrogens is 5. The Hall–Kier alpha value is -4.08. The van der Waals surface area contributed by atoms with Crippen LogP contribution in [0.5, 0.6) is 0 Å². The maximum absolute atomic E-state index is 12.6. The molecule has 140 valence electrons. The molecule has 0 spiro atoms. The third kappa shape index (κ3) is 2.96. The third-order valence-corrected chi connectivity index (χ3v) is 4.44. The van der Waals surface area contributed by atoms with Crippen molar-refractivity contribution in [2.24, 2.45) is 7.05 Å². The third-order valence-electron chi connectivity index (χ3n) is 4.44. The molecule has 1 aromatic carbocycles. The minimum absolute atomic E-state index is 0.0496. The minimum Gasteiger partial charge on any atom is -0.321 e. The van der Waals surface area contributed by atoms with Gasteiger partial charge in [-0.15, -0.1) is 0 Å². The molecule has 0 atom stereocenters. The van der Waals surface area contributed by atoms with Crippen molar-refractivity contribution >= 4 is 22.9 Å². The van der Waals surface area contributed by atoms with Crippen LogP contribution in [0.1, 0.15) is 16.2 Å². The molecular formula is C18H15N7O3. The molecule has 28 heavy (non-hydrogen) atoms. The van der Waals surface area contributed by atoms with Crippen molar-refractivity contribution < 1.29 is 9.72 Å². The highest BCUT2D eigenvalue weighted by Gasteiger charge is 2.16. The van der Waals surface area contributed by atoms with E-state index in [9.17, 15) is 14.9 Å². The summed E-state index contributed by atoms with van der Waals surface area (Å²) in [4.78, 5) is 27.0. The fourth-order valence-corrected chi connectivity index (χ4v) is 2.82. The molecule has 0 aliphatic carbocycles. The number of nitrogens with one attached hydrogen (secondary N) is 1. The van der Waals surface area contributed by atoms with Crippen LogP contribution in [-0.2, 0) is 7.05 Å². The van der Waals surface area contributed by atoms with Gasteiger partial charge in [-0.2, -0.15) is 10.2 Å². The Morgan fingerprint density at radius 1 is 1.21 bits per heavy atom. The Labute approximate surface area is 158 Å². The summed E-state index contributed by atoms with van der Waals surface area (Å²) in [6.07, 6.45) is 3.39. The smallest absolute Gasteiger partial charge is 0.276 e. The lowest BCUT2D eigenvalue weighted by atomic mass is 10.2. The van der Waals surface area contributed by atoms with E-state index in [0.29, 0.717) is 11.3 Å². The average molecular weight is 377 g/mol. The van der Waals surface area contributed by atoms with Gasteiger partial charge in [0.05, 0.1) is 16.8 Å². The van der Waals surface area contributed by atoms with Gasteiger partial charge in [-0.25, -0.2) is 9.50 Å². The predicted molar refractivity (Wildman–Crippen MR) is 101 cm³/mol. The molecule has 0 saturated carbocycles. The SMILES string of the molecule is Cc1c(-c2ccnc3cc(C(=O)Nc4ccc([N+](=O)[O-])cc4)nn23)cnn1C. The first kappa shape index (κ1) is 17.3. The number of nitrogens with zero attached hydrogens (tertiary/aromatic N) is 6. The number of amides is 1. The van der Waals surface area contributed by atoms with Gasteiger partial charge in [-0.3, -0.25) is 19.6 Å². The highest BCUT2D eigenvalue weighted by atomic mass is 16.6. The van der Waals surface area contributed by atoms with Crippen LogP contribution in [0, 0.1) is 17.0 Å². The highest BCUT2D eigenvalue weighted by Crippen LogP contribution is 2.23. The number of hydrogen-bond donors (Lipinski definition) is 1. The van der Waals surface area contributed by atoms with E-state index < -0.39 is 10.8 Å². The van der Waals surface area contributed by atoms with Crippen molar-refractivity contribution in [1.82, 2.24) is 24.4 Å². The molecule has 1 N–H and O–H groups in total. The highest BCUT2D eigenvalue weighted by molar-refractivity contribution is 6.03. The van der Waals surface area contributed by atoms with Crippen molar-refractivity contribution in [1.29, 1.82) is 0 Å². The molecular weight excluding hydrogens is 362 g/mol. The van der Waals surface area contributed by atoms with Crippen LogP contribution in [0.2, 0.25) is 0 Å². The number of nitro benzene ring substituents is 1. The molecule has 1 amide bonds. The van der Waals surface area contributed by atoms with E-state index in [4.69, 9.17) is 0 Å². The molecule has 3 heterocycles. The van der Waals surface area contributed by atoms with E-state index in [1.165, 1.54) is 24.3 Å². The Morgan fingerprint density at radius 3 is 2.61 bits per heavy atom. The maximum Gasteiger partial charge on any atom is 0.276 e. The number of nitro groups is 1. The van der Waals surface area contributed by atoms with Gasteiger partial charge in [0.15, 0.2) is 11.3 Å². The van der Waals surface area contributed by atoms with Gasteiger partial charge in [-0.1, -0.05) is 0 Å². The second kappa shape index (κ2) is 6.58. The average Bonchev–Trinajstić information content (AvgIpc) is 3.26. The number of benzene rings is 1. The Morgan fingerprint density at radius 2 is 1.96 bits per heavy atom. The molecule has 0 aliphatic rings. The second-order valence-electron chi connectivity index (χ2n) is 6.16. The normalized spacial score (nSPS) is 10.9. The first-order valence-corrected chi connectivity index (χ1v) is 8.33. The van der Waals surface area contributed by atoms with E-state index in [1.807, 2.05) is 20.0 Å². The summed E-state index contributed by atoms with van der Waals surface area (Å²) in [5.74, 6) is -0.437. The first-order chi connectivity index (χ1) is 13.4. The molecule has 0 fully saturated rings. The number of aryl methyl sites for hydroxylation is 1. The van der Waals surface area contributed by atoms with E-state index >= 15 is 0 Å². The second-order valence-corrected chi connectivity index (χ2v) is 6.16. The molecule has 4 rings (SSSR count). The number of carbonyl (C=O) groups excluding carboxylic acids is 1. The Balaban J connectivity index is 1.66. The molecule has 4 aromatic rings. The van der Waals surface area contributed by atoms with Crippen molar-refractivity contribution in [3.63, 3.8) is 0 Å². The first-order valence-electron chi connectivity index (χ1n) is 8.33. The van der Waals surface area contributed by atoms with Gasteiger partial charge in [0.25, 0.3) is 11.6 Å². The maximum atomic E-state index is 12.6. The largest absolute Gasteiger partial charge is 0.321 e. The zero-order chi connectivity index (χ0) is 19.8. The lowest BCUT2D eigenvalue weighted by Crippen LogP contribution is -2.12. The quantitative estimate of drug-likeness (QED) is 0.431. The summed E-state index contributed by atoms with van der Waals surface area (Å²) < 4.78 is 3.35. The Bertz CT molecular complexity index is 1210.